The Morgan fingerprint density at radius 3 is 2.67 bits per heavy atom. The molecule has 104 valence electrons. The maximum absolute atomic E-state index is 12.2. The van der Waals surface area contributed by atoms with Crippen LogP contribution >= 0.6 is 0 Å². The highest BCUT2D eigenvalue weighted by atomic mass is 19.4. The molecule has 0 saturated heterocycles. The molecule has 8 heteroatoms. The molecule has 0 aliphatic carbocycles. The monoisotopic (exact) mass is 266 g/mol. The number of alkyl halides is 3. The van der Waals surface area contributed by atoms with Gasteiger partial charge in [-0.25, -0.2) is 0 Å². The first-order valence-electron chi connectivity index (χ1n) is 5.55. The largest absolute Gasteiger partial charge is 0.493 e. The molecule has 5 nitrogen and oxygen atoms in total. The van der Waals surface area contributed by atoms with Gasteiger partial charge in [0, 0.05) is 13.0 Å². The van der Waals surface area contributed by atoms with E-state index in [1.54, 1.807) is 4.68 Å². The van der Waals surface area contributed by atoms with Gasteiger partial charge in [0.1, 0.15) is 0 Å². The Labute approximate surface area is 103 Å². The highest BCUT2D eigenvalue weighted by Gasteiger charge is 2.30. The fourth-order valence-electron chi connectivity index (χ4n) is 1.75. The second-order valence-corrected chi connectivity index (χ2v) is 3.79. The zero-order valence-electron chi connectivity index (χ0n) is 10.3. The standard InChI is InChI=1S/C10H17F3N4O/c1-3-17-9(8(18-2)6-15-17)7(16-14)4-5-10(11,12)13/h6-7,16H,3-5,14H2,1-2H3. The molecule has 1 rings (SSSR count). The van der Waals surface area contributed by atoms with E-state index in [1.165, 1.54) is 13.3 Å². The number of ether oxygens (including phenoxy) is 1. The van der Waals surface area contributed by atoms with E-state index < -0.39 is 18.6 Å². The fraction of sp³-hybridized carbons (Fsp3) is 0.700. The van der Waals surface area contributed by atoms with Gasteiger partial charge in [0.15, 0.2) is 5.75 Å². The summed E-state index contributed by atoms with van der Waals surface area (Å²) in [4.78, 5) is 0. The molecule has 3 N–H and O–H groups in total. The summed E-state index contributed by atoms with van der Waals surface area (Å²) >= 11 is 0. The van der Waals surface area contributed by atoms with Crippen molar-refractivity contribution < 1.29 is 17.9 Å². The van der Waals surface area contributed by atoms with Crippen molar-refractivity contribution in [3.63, 3.8) is 0 Å². The molecule has 1 unspecified atom stereocenters. The molecule has 0 aliphatic heterocycles. The van der Waals surface area contributed by atoms with Crippen LogP contribution in [0.3, 0.4) is 0 Å². The molecule has 0 radical (unpaired) electrons. The summed E-state index contributed by atoms with van der Waals surface area (Å²) in [6, 6.07) is -0.649. The number of halogens is 3. The van der Waals surface area contributed by atoms with Crippen molar-refractivity contribution in [3.05, 3.63) is 11.9 Å². The molecule has 1 atom stereocenters. The normalized spacial score (nSPS) is 13.7. The summed E-state index contributed by atoms with van der Waals surface area (Å²) in [6.07, 6.45) is -3.82. The van der Waals surface area contributed by atoms with Crippen LogP contribution in [0.4, 0.5) is 13.2 Å². The highest BCUT2D eigenvalue weighted by molar-refractivity contribution is 5.28. The van der Waals surface area contributed by atoms with Crippen LogP contribution in [-0.4, -0.2) is 23.1 Å². The predicted octanol–water partition coefficient (Wildman–Crippen LogP) is 1.76. The third kappa shape index (κ3) is 3.61. The molecule has 0 amide bonds. The maximum atomic E-state index is 12.2. The molecule has 0 fully saturated rings. The Balaban J connectivity index is 2.90. The van der Waals surface area contributed by atoms with Crippen LogP contribution < -0.4 is 16.0 Å². The molecular weight excluding hydrogens is 249 g/mol. The van der Waals surface area contributed by atoms with Crippen molar-refractivity contribution in [3.8, 4) is 5.75 Å². The minimum Gasteiger partial charge on any atom is -0.493 e. The van der Waals surface area contributed by atoms with Gasteiger partial charge in [0.25, 0.3) is 0 Å². The Kier molecular flexibility index (Phi) is 4.97. The highest BCUT2D eigenvalue weighted by Crippen LogP contribution is 2.31. The lowest BCUT2D eigenvalue weighted by molar-refractivity contribution is -0.136. The van der Waals surface area contributed by atoms with Crippen LogP contribution in [0, 0.1) is 0 Å². The van der Waals surface area contributed by atoms with Gasteiger partial charge in [-0.3, -0.25) is 16.0 Å². The molecular formula is C10H17F3N4O. The third-order valence-corrected chi connectivity index (χ3v) is 2.61. The Hall–Kier alpha value is -1.28. The van der Waals surface area contributed by atoms with E-state index >= 15 is 0 Å². The van der Waals surface area contributed by atoms with Gasteiger partial charge in [0.05, 0.1) is 25.0 Å². The summed E-state index contributed by atoms with van der Waals surface area (Å²) in [6.45, 7) is 2.37. The van der Waals surface area contributed by atoms with Crippen LogP contribution in [0.15, 0.2) is 6.20 Å². The first kappa shape index (κ1) is 14.8. The lowest BCUT2D eigenvalue weighted by Gasteiger charge is -2.19. The lowest BCUT2D eigenvalue weighted by Crippen LogP contribution is -2.31. The molecule has 1 aromatic rings. The van der Waals surface area contributed by atoms with Crippen LogP contribution in [-0.2, 0) is 6.54 Å². The van der Waals surface area contributed by atoms with Crippen LogP contribution in [0.2, 0.25) is 0 Å². The number of nitrogens with one attached hydrogen (secondary N) is 1. The SMILES string of the molecule is CCn1ncc(OC)c1C(CCC(F)(F)F)NN. The molecule has 1 aromatic heterocycles. The minimum absolute atomic E-state index is 0.165. The van der Waals surface area contributed by atoms with E-state index in [1.807, 2.05) is 6.92 Å². The summed E-state index contributed by atoms with van der Waals surface area (Å²) in [5.41, 5.74) is 2.92. The number of rotatable bonds is 6. The van der Waals surface area contributed by atoms with Crippen molar-refractivity contribution in [1.82, 2.24) is 15.2 Å². The second kappa shape index (κ2) is 6.05. The minimum atomic E-state index is -4.21. The van der Waals surface area contributed by atoms with Crippen molar-refractivity contribution >= 4 is 0 Å². The van der Waals surface area contributed by atoms with Gasteiger partial charge < -0.3 is 4.74 Å². The summed E-state index contributed by atoms with van der Waals surface area (Å²) in [7, 11) is 1.44. The van der Waals surface area contributed by atoms with Gasteiger partial charge in [-0.2, -0.15) is 18.3 Å². The smallest absolute Gasteiger partial charge is 0.389 e. The number of aryl methyl sites for hydroxylation is 1. The summed E-state index contributed by atoms with van der Waals surface area (Å²) in [5.74, 6) is 5.76. The Morgan fingerprint density at radius 2 is 2.22 bits per heavy atom. The average molecular weight is 266 g/mol. The molecule has 0 aliphatic rings. The summed E-state index contributed by atoms with van der Waals surface area (Å²) in [5, 5.41) is 4.03. The van der Waals surface area contributed by atoms with E-state index in [9.17, 15) is 13.2 Å². The average Bonchev–Trinajstić information content (AvgIpc) is 2.71. The number of aromatic nitrogens is 2. The van der Waals surface area contributed by atoms with E-state index in [0.717, 1.165) is 0 Å². The van der Waals surface area contributed by atoms with Gasteiger partial charge >= 0.3 is 6.18 Å². The van der Waals surface area contributed by atoms with Gasteiger partial charge in [-0.1, -0.05) is 0 Å². The van der Waals surface area contributed by atoms with Crippen molar-refractivity contribution in [2.75, 3.05) is 7.11 Å². The Bertz CT molecular complexity index is 356. The Morgan fingerprint density at radius 1 is 1.56 bits per heavy atom. The predicted molar refractivity (Wildman–Crippen MR) is 59.8 cm³/mol. The van der Waals surface area contributed by atoms with Crippen molar-refractivity contribution in [1.29, 1.82) is 0 Å². The number of hydrogen-bond donors (Lipinski definition) is 2. The first-order valence-corrected chi connectivity index (χ1v) is 5.55. The number of nitrogens with two attached hydrogens (primary N) is 1. The molecule has 1 heterocycles. The van der Waals surface area contributed by atoms with Crippen LogP contribution in [0.1, 0.15) is 31.5 Å². The van der Waals surface area contributed by atoms with Gasteiger partial charge in [0.2, 0.25) is 0 Å². The van der Waals surface area contributed by atoms with Crippen LogP contribution in [0.25, 0.3) is 0 Å². The summed E-state index contributed by atoms with van der Waals surface area (Å²) < 4.78 is 43.4. The van der Waals surface area contributed by atoms with Crippen molar-refractivity contribution in [2.24, 2.45) is 5.84 Å². The lowest BCUT2D eigenvalue weighted by atomic mass is 10.1. The van der Waals surface area contributed by atoms with Gasteiger partial charge in [-0.15, -0.1) is 0 Å². The molecule has 0 aromatic carbocycles. The molecule has 0 bridgehead atoms. The van der Waals surface area contributed by atoms with E-state index in [-0.39, 0.29) is 6.42 Å². The van der Waals surface area contributed by atoms with Crippen molar-refractivity contribution in [2.45, 2.75) is 38.5 Å². The van der Waals surface area contributed by atoms with E-state index in [0.29, 0.717) is 18.0 Å². The first-order chi connectivity index (χ1) is 8.42. The van der Waals surface area contributed by atoms with Crippen LogP contribution in [0.5, 0.6) is 5.75 Å². The zero-order chi connectivity index (χ0) is 13.8. The number of methoxy groups -OCH3 is 1. The van der Waals surface area contributed by atoms with Gasteiger partial charge in [-0.05, 0) is 13.3 Å². The van der Waals surface area contributed by atoms with E-state index in [2.05, 4.69) is 10.5 Å². The molecule has 0 saturated carbocycles. The number of hydrogen-bond acceptors (Lipinski definition) is 4. The second-order valence-electron chi connectivity index (χ2n) is 3.79. The molecule has 0 spiro atoms. The fourth-order valence-corrected chi connectivity index (χ4v) is 1.75. The molecule has 18 heavy (non-hydrogen) atoms. The van der Waals surface area contributed by atoms with E-state index in [4.69, 9.17) is 10.6 Å². The zero-order valence-corrected chi connectivity index (χ0v) is 10.3. The maximum Gasteiger partial charge on any atom is 0.389 e. The number of hydrazine groups is 1. The topological polar surface area (TPSA) is 65.1 Å². The third-order valence-electron chi connectivity index (χ3n) is 2.61. The quantitative estimate of drug-likeness (QED) is 0.608. The number of nitrogens with zero attached hydrogens (tertiary/aromatic N) is 2.